The zero-order valence-corrected chi connectivity index (χ0v) is 68.1. The maximum absolute atomic E-state index is 13.2. The number of carbonyl (C=O) groups excluding carboxylic acids is 5. The number of ether oxygens (including phenoxy) is 2. The summed E-state index contributed by atoms with van der Waals surface area (Å²) in [6.45, 7) is 9.46. The van der Waals surface area contributed by atoms with E-state index < -0.39 is 12.2 Å². The standard InChI is InChI=1S/C17H16F2N6O.2C17H16N6O2.C17H17N5O.C17H16N4OS/c1-23-16(14(18)19)21-15(22-23)11-12-10(3-2-6-20-12)25-8-7-24(9-4-5-9)17(26)13(11)25;1-25-17-19-6-10(7-20-17)13-14-12(8-18-9-21-14)23-5-4-22(11-2-3-11)16(24)15(13)23;1-25-17-20-8-10(9-21-17)12-13-15(19-5-4-18-13)23-7-6-22(11-2-3-11)16(24)14(12)23;1-20-10-11(9-19-20)14-15-13(3-2-6-18-15)22-8-7-21(12-4-5-12)17(23)16(14)22;1-10-19-12(9-23-10)14-15-13(3-2-6-18-15)21-8-7-20(11-4-5-11)17(22)16(14)21/h2-3,6,9,14H,4-5,7-8H2,1H3;6-9,11H,2-5H2,1H3;4-5,8-9,11H,2-3,6-7H2,1H3;2-3,6,9-10,12H,4-5,7-8H2,1H3;2-3,6,9,11H,4-5,7-8H2,1H3. The number of thiazole rings is 1. The second-order valence-corrected chi connectivity index (χ2v) is 33.0. The smallest absolute Gasteiger partial charge is 0.316 e. The molecule has 15 aromatic heterocycles. The topological polar surface area (TPSA) is 348 Å². The minimum atomic E-state index is -2.74. The monoisotopic (exact) mass is 1660 g/mol. The molecular formula is C85H81F2N27O7S. The van der Waals surface area contributed by atoms with Crippen LogP contribution < -0.4 is 9.47 Å². The number of pyridine rings is 3. The Bertz CT molecular complexity index is 6400. The first kappa shape index (κ1) is 75.7. The van der Waals surface area contributed by atoms with Gasteiger partial charge < -0.3 is 56.8 Å². The van der Waals surface area contributed by atoms with Crippen molar-refractivity contribution in [2.45, 2.75) is 140 Å². The molecule has 0 saturated heterocycles. The Morgan fingerprint density at radius 3 is 1.24 bits per heavy atom. The number of halogens is 2. The van der Waals surface area contributed by atoms with Crippen molar-refractivity contribution in [3.8, 4) is 68.0 Å². The molecule has 5 fully saturated rings. The third-order valence-corrected chi connectivity index (χ3v) is 25.0. The largest absolute Gasteiger partial charge is 0.467 e. The zero-order valence-electron chi connectivity index (χ0n) is 67.2. The molecule has 34 nitrogen and oxygen atoms in total. The van der Waals surface area contributed by atoms with Crippen LogP contribution >= 0.6 is 11.3 Å². The van der Waals surface area contributed by atoms with Gasteiger partial charge in [0, 0.05) is 210 Å². The lowest BCUT2D eigenvalue weighted by atomic mass is 10.1. The van der Waals surface area contributed by atoms with Gasteiger partial charge in [-0.3, -0.25) is 48.6 Å². The summed E-state index contributed by atoms with van der Waals surface area (Å²) in [4.78, 5) is 132. The number of fused-ring (bicyclic) bond motifs is 15. The fourth-order valence-electron chi connectivity index (χ4n) is 17.9. The van der Waals surface area contributed by atoms with Crippen molar-refractivity contribution in [1.29, 1.82) is 0 Å². The molecule has 618 valence electrons. The molecule has 0 radical (unpaired) electrons. The molecule has 25 rings (SSSR count). The van der Waals surface area contributed by atoms with Gasteiger partial charge in [0.2, 0.25) is 0 Å². The fraction of sp³-hybridized carbons (Fsp3) is 0.365. The van der Waals surface area contributed by atoms with Crippen molar-refractivity contribution < 1.29 is 42.2 Å². The van der Waals surface area contributed by atoms with E-state index in [0.29, 0.717) is 76.9 Å². The maximum atomic E-state index is 13.2. The second-order valence-electron chi connectivity index (χ2n) is 31.9. The summed E-state index contributed by atoms with van der Waals surface area (Å²) >= 11 is 1.61. The van der Waals surface area contributed by atoms with E-state index in [1.807, 2.05) is 94.2 Å². The van der Waals surface area contributed by atoms with E-state index in [1.165, 1.54) is 27.6 Å². The first-order chi connectivity index (χ1) is 59.6. The molecule has 10 aliphatic rings. The van der Waals surface area contributed by atoms with E-state index in [1.54, 1.807) is 84.1 Å². The third-order valence-electron chi connectivity index (χ3n) is 24.2. The second kappa shape index (κ2) is 30.2. The molecule has 5 amide bonds. The molecule has 5 saturated carbocycles. The predicted octanol–water partition coefficient (Wildman–Crippen LogP) is 10.6. The molecule has 0 unspecified atom stereocenters. The van der Waals surface area contributed by atoms with E-state index in [9.17, 15) is 32.8 Å². The summed E-state index contributed by atoms with van der Waals surface area (Å²) < 4.78 is 49.4. The summed E-state index contributed by atoms with van der Waals surface area (Å²) in [7, 11) is 6.36. The van der Waals surface area contributed by atoms with Gasteiger partial charge in [-0.2, -0.15) is 10.2 Å². The number of hydrogen-bond acceptors (Lipinski definition) is 23. The number of aromatic nitrogens is 22. The first-order valence-corrected chi connectivity index (χ1v) is 41.9. The van der Waals surface area contributed by atoms with Gasteiger partial charge in [-0.1, -0.05) is 0 Å². The van der Waals surface area contributed by atoms with Gasteiger partial charge in [0.25, 0.3) is 36.0 Å². The number of rotatable bonds is 13. The van der Waals surface area contributed by atoms with Crippen LogP contribution in [-0.2, 0) is 46.8 Å². The predicted molar refractivity (Wildman–Crippen MR) is 443 cm³/mol. The minimum absolute atomic E-state index is 0.0411. The number of amides is 5. The van der Waals surface area contributed by atoms with E-state index >= 15 is 0 Å². The van der Waals surface area contributed by atoms with Crippen LogP contribution in [0.1, 0.15) is 134 Å². The van der Waals surface area contributed by atoms with Crippen LogP contribution in [0, 0.1) is 6.92 Å². The normalized spacial score (nSPS) is 17.4. The summed E-state index contributed by atoms with van der Waals surface area (Å²) in [5.41, 5.74) is 18.7. The Balaban J connectivity index is 0.0000000940. The van der Waals surface area contributed by atoms with Gasteiger partial charge in [0.05, 0.1) is 81.5 Å². The van der Waals surface area contributed by atoms with Gasteiger partial charge in [-0.15, -0.1) is 11.3 Å². The Labute approximate surface area is 697 Å². The van der Waals surface area contributed by atoms with Crippen molar-refractivity contribution in [2.24, 2.45) is 14.1 Å². The number of methoxy groups -OCH3 is 2. The van der Waals surface area contributed by atoms with Crippen molar-refractivity contribution in [3.63, 3.8) is 0 Å². The lowest BCUT2D eigenvalue weighted by Crippen LogP contribution is -2.41. The molecule has 37 heteroatoms. The van der Waals surface area contributed by atoms with Crippen LogP contribution in [0.2, 0.25) is 0 Å². The molecule has 5 aliphatic carbocycles. The van der Waals surface area contributed by atoms with E-state index in [0.717, 1.165) is 227 Å². The molecular weight excluding hydrogens is 1580 g/mol. The van der Waals surface area contributed by atoms with Gasteiger partial charge in [-0.05, 0) is 108 Å². The minimum Gasteiger partial charge on any atom is -0.467 e. The van der Waals surface area contributed by atoms with Crippen molar-refractivity contribution >= 4 is 96.2 Å². The highest BCUT2D eigenvalue weighted by molar-refractivity contribution is 7.09. The highest BCUT2D eigenvalue weighted by atomic mass is 32.1. The average molecular weight is 1660 g/mol. The lowest BCUT2D eigenvalue weighted by molar-refractivity contribution is 0.0686. The van der Waals surface area contributed by atoms with Crippen LogP contribution in [0.5, 0.6) is 12.0 Å². The third kappa shape index (κ3) is 13.1. The Morgan fingerprint density at radius 1 is 0.418 bits per heavy atom. The number of nitrogens with zero attached hydrogens (tertiary/aromatic N) is 27. The number of alkyl halides is 2. The van der Waals surface area contributed by atoms with E-state index in [2.05, 4.69) is 90.2 Å². The number of hydrogen-bond donors (Lipinski definition) is 0. The van der Waals surface area contributed by atoms with Crippen LogP contribution in [0.25, 0.3) is 111 Å². The average Bonchev–Trinajstić information content (AvgIpc) is 1.60. The van der Waals surface area contributed by atoms with Crippen molar-refractivity contribution in [1.82, 2.24) is 132 Å². The Kier molecular flexibility index (Phi) is 18.7. The van der Waals surface area contributed by atoms with Crippen LogP contribution in [-0.4, -0.2) is 238 Å². The quantitative estimate of drug-likeness (QED) is 0.103. The molecule has 5 aliphatic heterocycles. The summed E-state index contributed by atoms with van der Waals surface area (Å²) in [5.74, 6) is -0.0414. The maximum Gasteiger partial charge on any atom is 0.316 e. The van der Waals surface area contributed by atoms with Crippen LogP contribution in [0.3, 0.4) is 0 Å². The highest BCUT2D eigenvalue weighted by Gasteiger charge is 2.46. The molecule has 0 aromatic carbocycles. The molecule has 0 atom stereocenters. The summed E-state index contributed by atoms with van der Waals surface area (Å²) in [6.07, 6.45) is 30.4. The van der Waals surface area contributed by atoms with Gasteiger partial charge in [-0.25, -0.2) is 58.3 Å². The number of aryl methyl sites for hydroxylation is 3. The molecule has 0 N–H and O–H groups in total. The van der Waals surface area contributed by atoms with Crippen molar-refractivity contribution in [2.75, 3.05) is 46.9 Å². The Morgan fingerprint density at radius 2 is 0.811 bits per heavy atom. The van der Waals surface area contributed by atoms with E-state index in [-0.39, 0.29) is 47.4 Å². The zero-order chi connectivity index (χ0) is 83.0. The SMILES string of the molecule is COc1ncc(-c2c3n(c4cncnc24)CCN(C2CC2)C3=O)cn1.COc1ncc(-c2c3n(c4nccnc24)CCN(C2CC2)C3=O)cn1.Cc1nc(-c2c3n(c4cccnc24)CCN(C2CC2)C3=O)cs1.Cn1cc(-c2c3n(c4cccnc24)CCN(C2CC2)C3=O)cn1.Cn1nc(-c2c3n(c4cccnc24)CCN(C2CC2)C3=O)nc1C(F)F. The Hall–Kier alpha value is -13.7. The molecule has 0 spiro atoms. The van der Waals surface area contributed by atoms with Crippen molar-refractivity contribution in [3.05, 3.63) is 162 Å². The van der Waals surface area contributed by atoms with Crippen LogP contribution in [0.15, 0.2) is 122 Å². The molecule has 0 bridgehead atoms. The summed E-state index contributed by atoms with van der Waals surface area (Å²) in [5, 5.41) is 11.5. The molecule has 122 heavy (non-hydrogen) atoms. The summed E-state index contributed by atoms with van der Waals surface area (Å²) in [6, 6.07) is 14.1. The first-order valence-electron chi connectivity index (χ1n) is 41.0. The lowest BCUT2D eigenvalue weighted by Gasteiger charge is -2.29. The van der Waals surface area contributed by atoms with Crippen LogP contribution in [0.4, 0.5) is 8.78 Å². The van der Waals surface area contributed by atoms with Gasteiger partial charge >= 0.3 is 12.0 Å². The van der Waals surface area contributed by atoms with E-state index in [4.69, 9.17) is 9.47 Å². The van der Waals surface area contributed by atoms with Gasteiger partial charge in [0.1, 0.15) is 51.3 Å². The number of carbonyl (C=O) groups is 5. The molecule has 20 heterocycles. The molecule has 15 aromatic rings. The highest BCUT2D eigenvalue weighted by Crippen LogP contribution is 2.46. The van der Waals surface area contributed by atoms with Gasteiger partial charge in [0.15, 0.2) is 17.3 Å². The fourth-order valence-corrected chi connectivity index (χ4v) is 18.5.